The van der Waals surface area contributed by atoms with E-state index in [-0.39, 0.29) is 12.0 Å². The number of aromatic nitrogens is 4. The molecule has 1 fully saturated rings. The van der Waals surface area contributed by atoms with Crippen LogP contribution < -0.4 is 9.47 Å². The maximum atomic E-state index is 12.7. The number of carbonyl (C=O) groups is 1. The lowest BCUT2D eigenvalue weighted by Gasteiger charge is -2.33. The van der Waals surface area contributed by atoms with Crippen molar-refractivity contribution in [2.24, 2.45) is 0 Å². The highest BCUT2D eigenvalue weighted by Gasteiger charge is 2.30. The normalized spacial score (nSPS) is 14.2. The molecule has 0 unspecified atom stereocenters. The van der Waals surface area contributed by atoms with Gasteiger partial charge in [-0.3, -0.25) is 0 Å². The molecule has 1 saturated heterocycles. The lowest BCUT2D eigenvalue weighted by atomic mass is 9.93. The first kappa shape index (κ1) is 28.3. The number of hydrogen-bond donors (Lipinski definition) is 0. The molecule has 0 aliphatic carbocycles. The molecule has 3 aromatic heterocycles. The first-order valence-electron chi connectivity index (χ1n) is 14.4. The molecule has 1 aliphatic rings. The van der Waals surface area contributed by atoms with Crippen molar-refractivity contribution in [3.8, 4) is 34.2 Å². The molecule has 10 nitrogen and oxygen atoms in total. The lowest BCUT2D eigenvalue weighted by molar-refractivity contribution is 0.0203. The Morgan fingerprint density at radius 2 is 1.77 bits per heavy atom. The molecule has 1 amide bonds. The minimum atomic E-state index is -0.534. The molecule has 1 aliphatic heterocycles. The minimum Gasteiger partial charge on any atom is -0.497 e. The zero-order valence-corrected chi connectivity index (χ0v) is 24.8. The van der Waals surface area contributed by atoms with Crippen molar-refractivity contribution in [3.05, 3.63) is 84.2 Å². The van der Waals surface area contributed by atoms with Crippen molar-refractivity contribution < 1.29 is 23.5 Å². The molecule has 0 N–H and O–H groups in total. The maximum Gasteiger partial charge on any atom is 0.410 e. The standard InChI is InChI=1S/C33H35N5O5/c1-33(2,3)42-32(39)37-16-14-24(15-17-37)28-19-30(41-21-22-10-12-25(40-4)13-11-22)35-31-26(20-34-38(28)31)29-18-27(36-43-29)23-8-6-5-7-9-23/h5-13,18-20,24H,14-17,21H2,1-4H3. The largest absolute Gasteiger partial charge is 0.497 e. The van der Waals surface area contributed by atoms with Crippen LogP contribution in [-0.2, 0) is 11.3 Å². The predicted molar refractivity (Wildman–Crippen MR) is 161 cm³/mol. The van der Waals surface area contributed by atoms with Crippen LogP contribution in [0.2, 0.25) is 0 Å². The third-order valence-electron chi connectivity index (χ3n) is 7.43. The van der Waals surface area contributed by atoms with Gasteiger partial charge in [0.1, 0.15) is 23.7 Å². The average molecular weight is 582 g/mol. The highest BCUT2D eigenvalue weighted by atomic mass is 16.6. The number of benzene rings is 2. The molecular weight excluding hydrogens is 546 g/mol. The van der Waals surface area contributed by atoms with Crippen LogP contribution in [0.25, 0.3) is 28.2 Å². The van der Waals surface area contributed by atoms with Crippen LogP contribution in [0, 0.1) is 0 Å². The SMILES string of the molecule is COc1ccc(COc2cc(C3CCN(C(=O)OC(C)(C)C)CC3)n3ncc(-c4cc(-c5ccccc5)no4)c3n2)cc1. The summed E-state index contributed by atoms with van der Waals surface area (Å²) in [4.78, 5) is 19.3. The van der Waals surface area contributed by atoms with E-state index in [4.69, 9.17) is 28.8 Å². The average Bonchev–Trinajstić information content (AvgIpc) is 3.67. The summed E-state index contributed by atoms with van der Waals surface area (Å²) in [5.74, 6) is 1.97. The number of hydrogen-bond acceptors (Lipinski definition) is 8. The fourth-order valence-electron chi connectivity index (χ4n) is 5.21. The number of amides is 1. The summed E-state index contributed by atoms with van der Waals surface area (Å²) in [5, 5.41) is 9.02. The fourth-order valence-corrected chi connectivity index (χ4v) is 5.21. The van der Waals surface area contributed by atoms with Gasteiger partial charge >= 0.3 is 6.09 Å². The number of piperidine rings is 1. The quantitative estimate of drug-likeness (QED) is 0.208. The van der Waals surface area contributed by atoms with Crippen LogP contribution in [0.3, 0.4) is 0 Å². The Morgan fingerprint density at radius 1 is 1.02 bits per heavy atom. The van der Waals surface area contributed by atoms with Gasteiger partial charge in [0.25, 0.3) is 0 Å². The van der Waals surface area contributed by atoms with E-state index in [1.54, 1.807) is 18.2 Å². The van der Waals surface area contributed by atoms with Crippen molar-refractivity contribution >= 4 is 11.7 Å². The number of methoxy groups -OCH3 is 1. The first-order chi connectivity index (χ1) is 20.8. The second kappa shape index (κ2) is 11.8. The summed E-state index contributed by atoms with van der Waals surface area (Å²) in [6.45, 7) is 7.15. The molecule has 5 aromatic rings. The minimum absolute atomic E-state index is 0.134. The van der Waals surface area contributed by atoms with Crippen molar-refractivity contribution in [2.45, 2.75) is 51.7 Å². The van der Waals surface area contributed by atoms with Gasteiger partial charge in [-0.1, -0.05) is 47.6 Å². The number of carbonyl (C=O) groups excluding carboxylic acids is 1. The predicted octanol–water partition coefficient (Wildman–Crippen LogP) is 6.75. The fraction of sp³-hybridized carbons (Fsp3) is 0.333. The molecule has 0 radical (unpaired) electrons. The maximum absolute atomic E-state index is 12.7. The van der Waals surface area contributed by atoms with E-state index in [0.717, 1.165) is 46.7 Å². The van der Waals surface area contributed by atoms with E-state index >= 15 is 0 Å². The smallest absolute Gasteiger partial charge is 0.410 e. The summed E-state index contributed by atoms with van der Waals surface area (Å²) >= 11 is 0. The molecule has 10 heteroatoms. The summed E-state index contributed by atoms with van der Waals surface area (Å²) in [6, 6.07) is 21.5. The molecule has 0 atom stereocenters. The molecule has 0 bridgehead atoms. The zero-order chi connectivity index (χ0) is 30.0. The van der Waals surface area contributed by atoms with Crippen LogP contribution in [0.1, 0.15) is 50.8 Å². The van der Waals surface area contributed by atoms with Crippen molar-refractivity contribution in [3.63, 3.8) is 0 Å². The van der Waals surface area contributed by atoms with Gasteiger partial charge in [0.2, 0.25) is 5.88 Å². The Morgan fingerprint density at radius 3 is 2.47 bits per heavy atom. The number of rotatable bonds is 7. The van der Waals surface area contributed by atoms with E-state index in [9.17, 15) is 4.79 Å². The van der Waals surface area contributed by atoms with Gasteiger partial charge in [0.15, 0.2) is 11.4 Å². The third-order valence-corrected chi connectivity index (χ3v) is 7.43. The second-order valence-electron chi connectivity index (χ2n) is 11.6. The molecule has 6 rings (SSSR count). The van der Waals surface area contributed by atoms with E-state index in [0.29, 0.717) is 37.0 Å². The van der Waals surface area contributed by atoms with E-state index < -0.39 is 5.60 Å². The molecule has 2 aromatic carbocycles. The molecule has 0 saturated carbocycles. The lowest BCUT2D eigenvalue weighted by Crippen LogP contribution is -2.41. The first-order valence-corrected chi connectivity index (χ1v) is 14.4. The van der Waals surface area contributed by atoms with Gasteiger partial charge in [-0.2, -0.15) is 10.1 Å². The van der Waals surface area contributed by atoms with E-state index in [2.05, 4.69) is 5.16 Å². The molecule has 43 heavy (non-hydrogen) atoms. The Labute approximate surface area is 250 Å². The van der Waals surface area contributed by atoms with Gasteiger partial charge < -0.3 is 23.6 Å². The van der Waals surface area contributed by atoms with Gasteiger partial charge in [0.05, 0.1) is 24.6 Å². The van der Waals surface area contributed by atoms with Gasteiger partial charge in [-0.25, -0.2) is 9.31 Å². The van der Waals surface area contributed by atoms with Crippen LogP contribution in [0.4, 0.5) is 4.79 Å². The Balaban J connectivity index is 1.31. The van der Waals surface area contributed by atoms with Crippen molar-refractivity contribution in [1.29, 1.82) is 0 Å². The second-order valence-corrected chi connectivity index (χ2v) is 11.6. The molecular formula is C33H35N5O5. The Hall–Kier alpha value is -4.86. The van der Waals surface area contributed by atoms with Gasteiger partial charge in [-0.05, 0) is 51.3 Å². The summed E-state index contributed by atoms with van der Waals surface area (Å²) in [6.07, 6.45) is 2.98. The highest BCUT2D eigenvalue weighted by Crippen LogP contribution is 2.35. The Kier molecular flexibility index (Phi) is 7.75. The number of likely N-dealkylation sites (tertiary alicyclic amines) is 1. The third kappa shape index (κ3) is 6.33. The number of fused-ring (bicyclic) bond motifs is 1. The van der Waals surface area contributed by atoms with Crippen LogP contribution in [-0.4, -0.2) is 56.5 Å². The van der Waals surface area contributed by atoms with E-state index in [1.807, 2.05) is 92.0 Å². The molecule has 4 heterocycles. The molecule has 222 valence electrons. The van der Waals surface area contributed by atoms with Gasteiger partial charge in [-0.15, -0.1) is 0 Å². The number of ether oxygens (including phenoxy) is 3. The Bertz CT molecular complexity index is 1700. The summed E-state index contributed by atoms with van der Waals surface area (Å²) < 4.78 is 24.7. The summed E-state index contributed by atoms with van der Waals surface area (Å²) in [7, 11) is 1.64. The zero-order valence-electron chi connectivity index (χ0n) is 24.8. The number of nitrogens with zero attached hydrogens (tertiary/aromatic N) is 5. The summed E-state index contributed by atoms with van der Waals surface area (Å²) in [5.41, 5.74) is 4.45. The van der Waals surface area contributed by atoms with Crippen LogP contribution in [0.15, 0.2) is 77.4 Å². The monoisotopic (exact) mass is 581 g/mol. The molecule has 0 spiro atoms. The van der Waals surface area contributed by atoms with E-state index in [1.165, 1.54) is 0 Å². The highest BCUT2D eigenvalue weighted by molar-refractivity contribution is 5.76. The van der Waals surface area contributed by atoms with Gasteiger partial charge in [0, 0.05) is 36.7 Å². The van der Waals surface area contributed by atoms with Crippen LogP contribution >= 0.6 is 0 Å². The topological polar surface area (TPSA) is 104 Å². The van der Waals surface area contributed by atoms with Crippen molar-refractivity contribution in [1.82, 2.24) is 24.7 Å². The van der Waals surface area contributed by atoms with Crippen LogP contribution in [0.5, 0.6) is 11.6 Å². The van der Waals surface area contributed by atoms with Crippen molar-refractivity contribution in [2.75, 3.05) is 20.2 Å².